The topological polar surface area (TPSA) is 99.6 Å². The molecule has 2 aromatic carbocycles. The molecule has 164 valence electrons. The molecule has 4 rings (SSSR count). The van der Waals surface area contributed by atoms with E-state index in [0.29, 0.717) is 11.5 Å². The highest BCUT2D eigenvalue weighted by atomic mass is 35.5. The van der Waals surface area contributed by atoms with Crippen molar-refractivity contribution in [2.24, 2.45) is 0 Å². The van der Waals surface area contributed by atoms with Crippen molar-refractivity contribution >= 4 is 38.2 Å². The first-order valence-corrected chi connectivity index (χ1v) is 11.2. The number of aromatic nitrogens is 2. The average molecular weight is 472 g/mol. The van der Waals surface area contributed by atoms with E-state index < -0.39 is 10.0 Å². The number of pyridine rings is 2. The predicted octanol–water partition coefficient (Wildman–Crippen LogP) is 4.89. The maximum Gasteiger partial charge on any atom is 0.265 e. The van der Waals surface area contributed by atoms with Crippen LogP contribution in [-0.2, 0) is 10.0 Å². The van der Waals surface area contributed by atoms with Crippen LogP contribution in [0.15, 0.2) is 71.9 Å². The predicted molar refractivity (Wildman–Crippen MR) is 121 cm³/mol. The summed E-state index contributed by atoms with van der Waals surface area (Å²) < 4.78 is 44.2. The zero-order chi connectivity index (χ0) is 22.7. The number of benzene rings is 2. The number of nitrogens with one attached hydrogen (secondary N) is 1. The van der Waals surface area contributed by atoms with Crippen molar-refractivity contribution in [3.05, 3.63) is 72.0 Å². The number of hydrogen-bond donors (Lipinski definition) is 1. The molecule has 0 radical (unpaired) electrons. The molecule has 1 N–H and O–H groups in total. The van der Waals surface area contributed by atoms with Gasteiger partial charge in [0.2, 0.25) is 5.88 Å². The second-order valence-corrected chi connectivity index (χ2v) is 8.66. The quantitative estimate of drug-likeness (QED) is 0.409. The minimum Gasteiger partial charge on any atom is -0.497 e. The smallest absolute Gasteiger partial charge is 0.265 e. The van der Waals surface area contributed by atoms with Gasteiger partial charge in [-0.15, -0.1) is 0 Å². The van der Waals surface area contributed by atoms with Crippen molar-refractivity contribution < 1.29 is 22.6 Å². The van der Waals surface area contributed by atoms with Crippen molar-refractivity contribution in [1.82, 2.24) is 9.97 Å². The minimum absolute atomic E-state index is 0.0560. The van der Waals surface area contributed by atoms with Gasteiger partial charge in [-0.2, -0.15) is 0 Å². The zero-order valence-corrected chi connectivity index (χ0v) is 18.6. The van der Waals surface area contributed by atoms with E-state index in [1.54, 1.807) is 6.20 Å². The molecule has 0 aliphatic rings. The Morgan fingerprint density at radius 2 is 1.72 bits per heavy atom. The summed E-state index contributed by atoms with van der Waals surface area (Å²) >= 11 is 6.29. The molecule has 0 unspecified atom stereocenters. The van der Waals surface area contributed by atoms with Crippen molar-refractivity contribution in [3.63, 3.8) is 0 Å². The van der Waals surface area contributed by atoms with Crippen molar-refractivity contribution in [2.75, 3.05) is 18.9 Å². The van der Waals surface area contributed by atoms with Crippen LogP contribution in [0.2, 0.25) is 5.02 Å². The first-order chi connectivity index (χ1) is 15.4. The van der Waals surface area contributed by atoms with E-state index in [4.69, 9.17) is 25.8 Å². The number of anilines is 1. The van der Waals surface area contributed by atoms with Crippen LogP contribution in [0, 0.1) is 0 Å². The van der Waals surface area contributed by atoms with Crippen LogP contribution in [0.3, 0.4) is 0 Å². The molecule has 2 aromatic heterocycles. The number of nitrogens with zero attached hydrogens (tertiary/aromatic N) is 2. The maximum absolute atomic E-state index is 12.9. The van der Waals surface area contributed by atoms with Gasteiger partial charge in [0.25, 0.3) is 10.0 Å². The fourth-order valence-electron chi connectivity index (χ4n) is 2.98. The van der Waals surface area contributed by atoms with Gasteiger partial charge < -0.3 is 14.2 Å². The third-order valence-corrected chi connectivity index (χ3v) is 6.19. The monoisotopic (exact) mass is 471 g/mol. The Morgan fingerprint density at radius 1 is 0.906 bits per heavy atom. The van der Waals surface area contributed by atoms with E-state index in [1.807, 2.05) is 30.3 Å². The molecule has 0 bridgehead atoms. The fraction of sp³-hybridized carbons (Fsp3) is 0.0909. The van der Waals surface area contributed by atoms with Gasteiger partial charge in [0.05, 0.1) is 37.8 Å². The molecule has 0 saturated carbocycles. The zero-order valence-electron chi connectivity index (χ0n) is 17.1. The van der Waals surface area contributed by atoms with Gasteiger partial charge in [-0.3, -0.25) is 9.71 Å². The molecule has 8 nitrogen and oxygen atoms in total. The van der Waals surface area contributed by atoms with E-state index in [-0.39, 0.29) is 27.2 Å². The van der Waals surface area contributed by atoms with Crippen LogP contribution in [0.25, 0.3) is 10.9 Å². The Bertz CT molecular complexity index is 1400. The second-order valence-electron chi connectivity index (χ2n) is 6.60. The van der Waals surface area contributed by atoms with Gasteiger partial charge in [0.15, 0.2) is 0 Å². The minimum atomic E-state index is -3.97. The Labute approximate surface area is 189 Å². The Hall–Kier alpha value is -3.56. The highest BCUT2D eigenvalue weighted by Crippen LogP contribution is 2.33. The lowest BCUT2D eigenvalue weighted by molar-refractivity contribution is 0.386. The lowest BCUT2D eigenvalue weighted by atomic mass is 10.2. The van der Waals surface area contributed by atoms with Gasteiger partial charge in [0.1, 0.15) is 27.2 Å². The standard InChI is InChI=1S/C22H18ClN3O5S/c1-29-16-7-8-21(20(11-16)30-2)32(27,28)26-15-10-18(23)22(25-12-15)31-17-9-14-5-3-4-6-19(14)24-13-17/h3-13,26H,1-2H3. The molecule has 0 spiro atoms. The largest absolute Gasteiger partial charge is 0.497 e. The number of para-hydroxylation sites is 1. The number of rotatable bonds is 7. The SMILES string of the molecule is COc1ccc(S(=O)(=O)Nc2cnc(Oc3cnc4ccccc4c3)c(Cl)c2)c(OC)c1. The van der Waals surface area contributed by atoms with E-state index in [1.165, 1.54) is 44.7 Å². The lowest BCUT2D eigenvalue weighted by Gasteiger charge is -2.13. The first-order valence-electron chi connectivity index (χ1n) is 9.32. The highest BCUT2D eigenvalue weighted by Gasteiger charge is 2.21. The summed E-state index contributed by atoms with van der Waals surface area (Å²) in [5.74, 6) is 1.18. The van der Waals surface area contributed by atoms with Gasteiger partial charge in [-0.05, 0) is 30.3 Å². The third kappa shape index (κ3) is 4.53. The summed E-state index contributed by atoms with van der Waals surface area (Å²) in [6.45, 7) is 0. The van der Waals surface area contributed by atoms with Crippen LogP contribution in [0.4, 0.5) is 5.69 Å². The first kappa shape index (κ1) is 21.7. The Balaban J connectivity index is 1.56. The molecule has 0 saturated heterocycles. The van der Waals surface area contributed by atoms with Crippen LogP contribution < -0.4 is 18.9 Å². The number of sulfonamides is 1. The summed E-state index contributed by atoms with van der Waals surface area (Å²) in [5.41, 5.74) is 0.995. The van der Waals surface area contributed by atoms with Crippen molar-refractivity contribution in [1.29, 1.82) is 0 Å². The number of ether oxygens (including phenoxy) is 3. The third-order valence-electron chi connectivity index (χ3n) is 4.50. The van der Waals surface area contributed by atoms with Gasteiger partial charge in [-0.1, -0.05) is 29.8 Å². The van der Waals surface area contributed by atoms with Crippen LogP contribution in [0.5, 0.6) is 23.1 Å². The number of fused-ring (bicyclic) bond motifs is 1. The molecular formula is C22H18ClN3O5S. The molecule has 0 aliphatic carbocycles. The van der Waals surface area contributed by atoms with Gasteiger partial charge in [0, 0.05) is 11.5 Å². The number of hydrogen-bond acceptors (Lipinski definition) is 7. The lowest BCUT2D eigenvalue weighted by Crippen LogP contribution is -2.14. The molecule has 2 heterocycles. The number of halogens is 1. The molecule has 10 heteroatoms. The van der Waals surface area contributed by atoms with E-state index in [9.17, 15) is 8.42 Å². The molecule has 0 amide bonds. The van der Waals surface area contributed by atoms with E-state index in [0.717, 1.165) is 10.9 Å². The normalized spacial score (nSPS) is 11.2. The van der Waals surface area contributed by atoms with Crippen LogP contribution in [0.1, 0.15) is 0 Å². The van der Waals surface area contributed by atoms with E-state index >= 15 is 0 Å². The Morgan fingerprint density at radius 3 is 2.47 bits per heavy atom. The number of methoxy groups -OCH3 is 2. The summed E-state index contributed by atoms with van der Waals surface area (Å²) in [4.78, 5) is 8.41. The summed E-state index contributed by atoms with van der Waals surface area (Å²) in [6.07, 6.45) is 2.87. The molecule has 0 fully saturated rings. The highest BCUT2D eigenvalue weighted by molar-refractivity contribution is 7.92. The molecule has 0 aliphatic heterocycles. The fourth-order valence-corrected chi connectivity index (χ4v) is 4.37. The molecular weight excluding hydrogens is 454 g/mol. The van der Waals surface area contributed by atoms with E-state index in [2.05, 4.69) is 14.7 Å². The maximum atomic E-state index is 12.9. The summed E-state index contributed by atoms with van der Waals surface area (Å²) in [6, 6.07) is 15.2. The van der Waals surface area contributed by atoms with Gasteiger partial charge >= 0.3 is 0 Å². The summed E-state index contributed by atoms with van der Waals surface area (Å²) in [7, 11) is -1.12. The Kier molecular flexibility index (Phi) is 6.02. The second kappa shape index (κ2) is 8.89. The van der Waals surface area contributed by atoms with Crippen molar-refractivity contribution in [2.45, 2.75) is 4.90 Å². The van der Waals surface area contributed by atoms with Crippen molar-refractivity contribution in [3.8, 4) is 23.1 Å². The van der Waals surface area contributed by atoms with Crippen LogP contribution in [-0.4, -0.2) is 32.6 Å². The molecule has 32 heavy (non-hydrogen) atoms. The van der Waals surface area contributed by atoms with Gasteiger partial charge in [-0.25, -0.2) is 13.4 Å². The molecule has 4 aromatic rings. The molecule has 0 atom stereocenters. The summed E-state index contributed by atoms with van der Waals surface area (Å²) in [5, 5.41) is 1.03. The average Bonchev–Trinajstić information content (AvgIpc) is 2.80. The van der Waals surface area contributed by atoms with Crippen LogP contribution >= 0.6 is 11.6 Å².